The maximum absolute atomic E-state index is 13.0. The van der Waals surface area contributed by atoms with Gasteiger partial charge in [0.1, 0.15) is 0 Å². The summed E-state index contributed by atoms with van der Waals surface area (Å²) >= 11 is 0. The van der Waals surface area contributed by atoms with Gasteiger partial charge in [0.05, 0.1) is 23.1 Å². The van der Waals surface area contributed by atoms with Crippen LogP contribution in [-0.4, -0.2) is 43.9 Å². The van der Waals surface area contributed by atoms with Gasteiger partial charge in [-0.2, -0.15) is 5.10 Å². The zero-order chi connectivity index (χ0) is 19.1. The summed E-state index contributed by atoms with van der Waals surface area (Å²) in [6.45, 7) is 3.33. The van der Waals surface area contributed by atoms with Crippen molar-refractivity contribution in [2.45, 2.75) is 44.4 Å². The Hall–Kier alpha value is -2.96. The molecular weight excluding hydrogens is 354 g/mol. The summed E-state index contributed by atoms with van der Waals surface area (Å²) in [5, 5.41) is 12.9. The molecule has 1 aromatic carbocycles. The molecule has 1 saturated carbocycles. The number of carbonyl (C=O) groups is 1. The molecule has 2 aliphatic rings. The number of benzene rings is 1. The summed E-state index contributed by atoms with van der Waals surface area (Å²) in [6.07, 6.45) is 5.69. The minimum atomic E-state index is 0.0438. The Morgan fingerprint density at radius 3 is 2.29 bits per heavy atom. The number of nitrogens with zero attached hydrogens (tertiary/aromatic N) is 5. The van der Waals surface area contributed by atoms with Crippen LogP contribution in [0.4, 0.5) is 0 Å². The van der Waals surface area contributed by atoms with Gasteiger partial charge in [0.25, 0.3) is 5.91 Å². The van der Waals surface area contributed by atoms with Crippen molar-refractivity contribution in [3.05, 3.63) is 59.6 Å². The van der Waals surface area contributed by atoms with Crippen LogP contribution < -0.4 is 0 Å². The number of hydrogen-bond acceptors (Lipinski definition) is 5. The highest BCUT2D eigenvalue weighted by Gasteiger charge is 2.33. The van der Waals surface area contributed by atoms with E-state index in [1.54, 1.807) is 6.20 Å². The first-order valence-electron chi connectivity index (χ1n) is 9.93. The van der Waals surface area contributed by atoms with E-state index in [9.17, 15) is 4.79 Å². The highest BCUT2D eigenvalue weighted by Crippen LogP contribution is 2.40. The van der Waals surface area contributed by atoms with Gasteiger partial charge in [-0.3, -0.25) is 4.79 Å². The molecule has 28 heavy (non-hydrogen) atoms. The van der Waals surface area contributed by atoms with Crippen LogP contribution in [0.25, 0.3) is 5.69 Å². The van der Waals surface area contributed by atoms with Crippen molar-refractivity contribution in [1.29, 1.82) is 0 Å². The number of amides is 1. The van der Waals surface area contributed by atoms with E-state index in [4.69, 9.17) is 4.42 Å². The molecule has 0 bridgehead atoms. The molecule has 0 radical (unpaired) electrons. The average Bonchev–Trinajstić information content (AvgIpc) is 3.34. The molecule has 2 fully saturated rings. The third kappa shape index (κ3) is 3.10. The first-order valence-corrected chi connectivity index (χ1v) is 9.93. The molecule has 7 heteroatoms. The molecule has 3 heterocycles. The van der Waals surface area contributed by atoms with Gasteiger partial charge in [-0.1, -0.05) is 18.2 Å². The number of likely N-dealkylation sites (tertiary alicyclic amines) is 1. The Bertz CT molecular complexity index is 981. The molecule has 1 aliphatic heterocycles. The maximum Gasteiger partial charge on any atom is 0.257 e. The fraction of sp³-hybridized carbons (Fsp3) is 0.429. The van der Waals surface area contributed by atoms with E-state index in [1.165, 1.54) is 0 Å². The zero-order valence-electron chi connectivity index (χ0n) is 15.9. The molecule has 0 N–H and O–H groups in total. The molecule has 3 aromatic rings. The topological polar surface area (TPSA) is 77.1 Å². The van der Waals surface area contributed by atoms with E-state index >= 15 is 0 Å². The second kappa shape index (κ2) is 6.89. The molecule has 1 saturated heterocycles. The molecule has 2 aromatic heterocycles. The SMILES string of the molecule is Cc1c(C(=O)N2CCC(c3nnc(C4CC4)o3)CC2)cnn1-c1ccccc1. The predicted molar refractivity (Wildman–Crippen MR) is 102 cm³/mol. The minimum Gasteiger partial charge on any atom is -0.425 e. The fourth-order valence-electron chi connectivity index (χ4n) is 3.86. The van der Waals surface area contributed by atoms with Crippen LogP contribution in [0.5, 0.6) is 0 Å². The second-order valence-corrected chi connectivity index (χ2v) is 7.71. The van der Waals surface area contributed by atoms with Crippen LogP contribution in [0.2, 0.25) is 0 Å². The van der Waals surface area contributed by atoms with Gasteiger partial charge in [0.15, 0.2) is 0 Å². The Labute approximate surface area is 163 Å². The molecular formula is C21H23N5O2. The van der Waals surface area contributed by atoms with E-state index < -0.39 is 0 Å². The summed E-state index contributed by atoms with van der Waals surface area (Å²) in [5.41, 5.74) is 2.49. The largest absolute Gasteiger partial charge is 0.425 e. The number of hydrogen-bond donors (Lipinski definition) is 0. The van der Waals surface area contributed by atoms with E-state index in [2.05, 4.69) is 15.3 Å². The van der Waals surface area contributed by atoms with Gasteiger partial charge in [0, 0.05) is 24.9 Å². The van der Waals surface area contributed by atoms with Crippen LogP contribution in [0.15, 0.2) is 40.9 Å². The first-order chi connectivity index (χ1) is 13.7. The number of aromatic nitrogens is 4. The van der Waals surface area contributed by atoms with Gasteiger partial charge in [-0.05, 0) is 44.7 Å². The normalized spacial score (nSPS) is 17.8. The summed E-state index contributed by atoms with van der Waals surface area (Å²) in [5.74, 6) is 2.30. The lowest BCUT2D eigenvalue weighted by molar-refractivity contribution is 0.0705. The molecule has 1 amide bonds. The second-order valence-electron chi connectivity index (χ2n) is 7.71. The third-order valence-corrected chi connectivity index (χ3v) is 5.76. The summed E-state index contributed by atoms with van der Waals surface area (Å²) in [7, 11) is 0. The highest BCUT2D eigenvalue weighted by molar-refractivity contribution is 5.95. The van der Waals surface area contributed by atoms with E-state index in [-0.39, 0.29) is 11.8 Å². The monoisotopic (exact) mass is 377 g/mol. The Morgan fingerprint density at radius 2 is 1.64 bits per heavy atom. The van der Waals surface area contributed by atoms with Crippen LogP contribution in [-0.2, 0) is 0 Å². The number of rotatable bonds is 4. The maximum atomic E-state index is 13.0. The standard InChI is InChI=1S/C21H23N5O2/c1-14-18(13-22-26(14)17-5-3-2-4-6-17)21(27)25-11-9-16(10-12-25)20-24-23-19(28-20)15-7-8-15/h2-6,13,15-16H,7-12H2,1H3. The molecule has 0 atom stereocenters. The lowest BCUT2D eigenvalue weighted by atomic mass is 9.96. The quantitative estimate of drug-likeness (QED) is 0.696. The van der Waals surface area contributed by atoms with Crippen LogP contribution in [0, 0.1) is 6.92 Å². The molecule has 0 unspecified atom stereocenters. The van der Waals surface area contributed by atoms with Gasteiger partial charge in [-0.25, -0.2) is 4.68 Å². The van der Waals surface area contributed by atoms with Crippen molar-refractivity contribution in [3.8, 4) is 5.69 Å². The van der Waals surface area contributed by atoms with Gasteiger partial charge in [-0.15, -0.1) is 10.2 Å². The highest BCUT2D eigenvalue weighted by atomic mass is 16.4. The molecule has 5 rings (SSSR count). The van der Waals surface area contributed by atoms with Crippen LogP contribution in [0.1, 0.15) is 65.4 Å². The van der Waals surface area contributed by atoms with Crippen LogP contribution in [0.3, 0.4) is 0 Å². The summed E-state index contributed by atoms with van der Waals surface area (Å²) in [6, 6.07) is 9.87. The van der Waals surface area contributed by atoms with Crippen molar-refractivity contribution in [2.75, 3.05) is 13.1 Å². The first kappa shape index (κ1) is 17.2. The molecule has 1 aliphatic carbocycles. The van der Waals surface area contributed by atoms with E-state index in [0.717, 1.165) is 48.8 Å². The van der Waals surface area contributed by atoms with Crippen molar-refractivity contribution in [2.24, 2.45) is 0 Å². The smallest absolute Gasteiger partial charge is 0.257 e. The predicted octanol–water partition coefficient (Wildman–Crippen LogP) is 3.46. The van der Waals surface area contributed by atoms with Crippen LogP contribution >= 0.6 is 0 Å². The van der Waals surface area contributed by atoms with Crippen molar-refractivity contribution in [1.82, 2.24) is 24.9 Å². The third-order valence-electron chi connectivity index (χ3n) is 5.76. The Morgan fingerprint density at radius 1 is 1.00 bits per heavy atom. The molecule has 7 nitrogen and oxygen atoms in total. The summed E-state index contributed by atoms with van der Waals surface area (Å²) in [4.78, 5) is 14.9. The van der Waals surface area contributed by atoms with E-state index in [1.807, 2.05) is 46.8 Å². The number of piperidine rings is 1. The lowest BCUT2D eigenvalue weighted by Crippen LogP contribution is -2.38. The van der Waals surface area contributed by atoms with Gasteiger partial charge in [0.2, 0.25) is 11.8 Å². The number of para-hydroxylation sites is 1. The Balaban J connectivity index is 1.26. The molecule has 144 valence electrons. The minimum absolute atomic E-state index is 0.0438. The zero-order valence-corrected chi connectivity index (χ0v) is 15.9. The number of carbonyl (C=O) groups excluding carboxylic acids is 1. The Kier molecular flexibility index (Phi) is 4.22. The van der Waals surface area contributed by atoms with Gasteiger partial charge >= 0.3 is 0 Å². The van der Waals surface area contributed by atoms with Crippen molar-refractivity contribution >= 4 is 5.91 Å². The average molecular weight is 377 g/mol. The van der Waals surface area contributed by atoms with E-state index in [0.29, 0.717) is 24.6 Å². The molecule has 0 spiro atoms. The lowest BCUT2D eigenvalue weighted by Gasteiger charge is -2.30. The van der Waals surface area contributed by atoms with Crippen molar-refractivity contribution < 1.29 is 9.21 Å². The fourth-order valence-corrected chi connectivity index (χ4v) is 3.86. The van der Waals surface area contributed by atoms with Gasteiger partial charge < -0.3 is 9.32 Å². The summed E-state index contributed by atoms with van der Waals surface area (Å²) < 4.78 is 7.68. The van der Waals surface area contributed by atoms with Crippen molar-refractivity contribution in [3.63, 3.8) is 0 Å².